The van der Waals surface area contributed by atoms with Gasteiger partial charge in [-0.05, 0) is 0 Å². The summed E-state index contributed by atoms with van der Waals surface area (Å²) in [7, 11) is -4.74. The first kappa shape index (κ1) is 9.86. The lowest BCUT2D eigenvalue weighted by molar-refractivity contribution is -0.129. The van der Waals surface area contributed by atoms with Gasteiger partial charge in [-0.1, -0.05) is 19.2 Å². The molecule has 11 heavy (non-hydrogen) atoms. The molecule has 0 aromatic heterocycles. The van der Waals surface area contributed by atoms with E-state index in [-0.39, 0.29) is 5.57 Å². The van der Waals surface area contributed by atoms with Gasteiger partial charge in [-0.25, -0.2) is 4.79 Å². The van der Waals surface area contributed by atoms with Gasteiger partial charge in [0.1, 0.15) is 0 Å². The molecule has 0 heterocycles. The van der Waals surface area contributed by atoms with E-state index in [2.05, 4.69) is 17.3 Å². The lowest BCUT2D eigenvalue weighted by atomic mass is 10.3. The molecule has 0 bridgehead atoms. The van der Waals surface area contributed by atoms with Crippen molar-refractivity contribution in [3.8, 4) is 0 Å². The SMILES string of the molecule is C=CC(=C)C(=O)OS(=O)(=O)O. The summed E-state index contributed by atoms with van der Waals surface area (Å²) in [6, 6.07) is 0. The van der Waals surface area contributed by atoms with Crippen molar-refractivity contribution < 1.29 is 21.9 Å². The van der Waals surface area contributed by atoms with Crippen molar-refractivity contribution in [1.82, 2.24) is 0 Å². The summed E-state index contributed by atoms with van der Waals surface area (Å²) in [5.74, 6) is -1.25. The minimum absolute atomic E-state index is 0.248. The minimum Gasteiger partial charge on any atom is -0.320 e. The summed E-state index contributed by atoms with van der Waals surface area (Å²) in [6.07, 6.45) is 1.01. The quantitative estimate of drug-likeness (QED) is 0.376. The average Bonchev–Trinajstić information content (AvgIpc) is 1.82. The van der Waals surface area contributed by atoms with Crippen LogP contribution in [0.3, 0.4) is 0 Å². The average molecular weight is 178 g/mol. The first-order valence-corrected chi connectivity index (χ1v) is 3.76. The van der Waals surface area contributed by atoms with Crippen LogP contribution in [0.4, 0.5) is 0 Å². The maximum absolute atomic E-state index is 10.5. The van der Waals surface area contributed by atoms with Crippen molar-refractivity contribution in [2.75, 3.05) is 0 Å². The molecule has 0 aliphatic heterocycles. The van der Waals surface area contributed by atoms with Crippen LogP contribution in [-0.4, -0.2) is 18.9 Å². The van der Waals surface area contributed by atoms with Crippen LogP contribution in [-0.2, 0) is 19.4 Å². The molecule has 0 rings (SSSR count). The first-order valence-electron chi connectivity index (χ1n) is 2.39. The monoisotopic (exact) mass is 178 g/mol. The van der Waals surface area contributed by atoms with Gasteiger partial charge in [-0.3, -0.25) is 4.55 Å². The van der Waals surface area contributed by atoms with Crippen LogP contribution in [0.15, 0.2) is 24.8 Å². The zero-order chi connectivity index (χ0) is 9.07. The highest BCUT2D eigenvalue weighted by molar-refractivity contribution is 7.81. The van der Waals surface area contributed by atoms with Crippen LogP contribution < -0.4 is 0 Å². The zero-order valence-corrected chi connectivity index (χ0v) is 6.30. The highest BCUT2D eigenvalue weighted by atomic mass is 32.3. The maximum atomic E-state index is 10.5. The van der Waals surface area contributed by atoms with E-state index in [4.69, 9.17) is 4.55 Å². The Balaban J connectivity index is 4.33. The maximum Gasteiger partial charge on any atom is 0.449 e. The van der Waals surface area contributed by atoms with E-state index in [9.17, 15) is 13.2 Å². The van der Waals surface area contributed by atoms with Crippen molar-refractivity contribution >= 4 is 16.4 Å². The fraction of sp³-hybridized carbons (Fsp3) is 0. The third-order valence-electron chi connectivity index (χ3n) is 0.690. The van der Waals surface area contributed by atoms with Gasteiger partial charge in [0.2, 0.25) is 0 Å². The highest BCUT2D eigenvalue weighted by Crippen LogP contribution is 1.98. The third kappa shape index (κ3) is 4.29. The summed E-state index contributed by atoms with van der Waals surface area (Å²) < 4.78 is 31.3. The van der Waals surface area contributed by atoms with Gasteiger partial charge in [0.05, 0.1) is 5.57 Å². The van der Waals surface area contributed by atoms with Gasteiger partial charge in [0.25, 0.3) is 0 Å². The molecule has 0 fully saturated rings. The second kappa shape index (κ2) is 3.31. The molecule has 0 aliphatic carbocycles. The lowest BCUT2D eigenvalue weighted by Crippen LogP contribution is -2.12. The normalized spacial score (nSPS) is 10.3. The molecule has 0 aromatic rings. The number of carbonyl (C=O) groups excluding carboxylic acids is 1. The Kier molecular flexibility index (Phi) is 2.97. The van der Waals surface area contributed by atoms with E-state index < -0.39 is 16.4 Å². The molecule has 6 heteroatoms. The number of rotatable bonds is 3. The Morgan fingerprint density at radius 2 is 2.00 bits per heavy atom. The second-order valence-corrected chi connectivity index (χ2v) is 2.55. The molecule has 0 atom stereocenters. The molecule has 62 valence electrons. The largest absolute Gasteiger partial charge is 0.449 e. The topological polar surface area (TPSA) is 80.7 Å². The number of hydrogen-bond donors (Lipinski definition) is 1. The Hall–Kier alpha value is -1.14. The van der Waals surface area contributed by atoms with Gasteiger partial charge in [-0.15, -0.1) is 0 Å². The van der Waals surface area contributed by atoms with E-state index in [0.717, 1.165) is 6.08 Å². The molecule has 1 N–H and O–H groups in total. The lowest BCUT2D eigenvalue weighted by Gasteiger charge is -1.97. The zero-order valence-electron chi connectivity index (χ0n) is 5.48. The molecule has 0 saturated carbocycles. The molecular weight excluding hydrogens is 172 g/mol. The summed E-state index contributed by atoms with van der Waals surface area (Å²) in [5.41, 5.74) is -0.248. The standard InChI is InChI=1S/C5H6O5S/c1-3-4(2)5(6)10-11(7,8)9/h3H,1-2H2,(H,7,8,9). The Bertz CT molecular complexity index is 286. The molecule has 5 nitrogen and oxygen atoms in total. The van der Waals surface area contributed by atoms with E-state index >= 15 is 0 Å². The molecular formula is C5H6O5S. The van der Waals surface area contributed by atoms with Gasteiger partial charge in [0, 0.05) is 0 Å². The van der Waals surface area contributed by atoms with Gasteiger partial charge in [-0.2, -0.15) is 8.42 Å². The number of hydrogen-bond acceptors (Lipinski definition) is 4. The predicted molar refractivity (Wildman–Crippen MR) is 37.0 cm³/mol. The Morgan fingerprint density at radius 3 is 2.27 bits per heavy atom. The summed E-state index contributed by atoms with van der Waals surface area (Å²) in [5, 5.41) is 0. The van der Waals surface area contributed by atoms with Gasteiger partial charge >= 0.3 is 16.4 Å². The fourth-order valence-electron chi connectivity index (χ4n) is 0.232. The van der Waals surface area contributed by atoms with Crippen molar-refractivity contribution in [3.05, 3.63) is 24.8 Å². The smallest absolute Gasteiger partial charge is 0.320 e. The second-order valence-electron chi connectivity index (χ2n) is 1.53. The minimum atomic E-state index is -4.74. The van der Waals surface area contributed by atoms with E-state index in [1.54, 1.807) is 0 Å². The van der Waals surface area contributed by atoms with Gasteiger partial charge < -0.3 is 4.18 Å². The van der Waals surface area contributed by atoms with Crippen molar-refractivity contribution in [3.63, 3.8) is 0 Å². The molecule has 0 radical (unpaired) electrons. The van der Waals surface area contributed by atoms with Crippen molar-refractivity contribution in [2.45, 2.75) is 0 Å². The molecule has 0 saturated heterocycles. The van der Waals surface area contributed by atoms with E-state index in [0.29, 0.717) is 0 Å². The van der Waals surface area contributed by atoms with Crippen LogP contribution in [0.5, 0.6) is 0 Å². The Morgan fingerprint density at radius 1 is 1.55 bits per heavy atom. The number of carbonyl (C=O) groups is 1. The summed E-state index contributed by atoms with van der Waals surface area (Å²) in [6.45, 7) is 6.22. The fourth-order valence-corrected chi connectivity index (χ4v) is 0.531. The first-order chi connectivity index (χ1) is 4.87. The Labute approximate surface area is 63.9 Å². The summed E-state index contributed by atoms with van der Waals surface area (Å²) >= 11 is 0. The van der Waals surface area contributed by atoms with E-state index in [1.807, 2.05) is 0 Å². The van der Waals surface area contributed by atoms with Crippen LogP contribution in [0.25, 0.3) is 0 Å². The van der Waals surface area contributed by atoms with Crippen LogP contribution in [0.1, 0.15) is 0 Å². The molecule has 0 spiro atoms. The molecule has 0 unspecified atom stereocenters. The van der Waals surface area contributed by atoms with E-state index in [1.165, 1.54) is 0 Å². The van der Waals surface area contributed by atoms with Crippen LogP contribution in [0.2, 0.25) is 0 Å². The summed E-state index contributed by atoms with van der Waals surface area (Å²) in [4.78, 5) is 10.5. The van der Waals surface area contributed by atoms with Crippen molar-refractivity contribution in [1.29, 1.82) is 0 Å². The molecule has 0 aromatic carbocycles. The van der Waals surface area contributed by atoms with Crippen molar-refractivity contribution in [2.24, 2.45) is 0 Å². The highest BCUT2D eigenvalue weighted by Gasteiger charge is 2.13. The van der Waals surface area contributed by atoms with Gasteiger partial charge in [0.15, 0.2) is 0 Å². The predicted octanol–water partition coefficient (Wildman–Crippen LogP) is 0.0746. The van der Waals surface area contributed by atoms with Crippen LogP contribution >= 0.6 is 0 Å². The molecule has 0 amide bonds. The third-order valence-corrected chi connectivity index (χ3v) is 1.05. The molecule has 0 aliphatic rings. The van der Waals surface area contributed by atoms with Crippen LogP contribution in [0, 0.1) is 0 Å².